The summed E-state index contributed by atoms with van der Waals surface area (Å²) in [6.45, 7) is 1.87. The van der Waals surface area contributed by atoms with Gasteiger partial charge in [-0.3, -0.25) is 14.2 Å². The molecule has 0 saturated heterocycles. The smallest absolute Gasteiger partial charge is 0.278 e. The van der Waals surface area contributed by atoms with E-state index in [0.29, 0.717) is 21.9 Å². The molecule has 0 aliphatic rings. The number of fused-ring (bicyclic) bond motifs is 1. The number of aromatic amines is 1. The number of thioether (sulfide) groups is 1. The zero-order valence-electron chi connectivity index (χ0n) is 14.1. The van der Waals surface area contributed by atoms with E-state index in [1.165, 1.54) is 16.3 Å². The van der Waals surface area contributed by atoms with E-state index >= 15 is 0 Å². The molecule has 7 nitrogen and oxygen atoms in total. The van der Waals surface area contributed by atoms with Crippen LogP contribution in [0.2, 0.25) is 0 Å². The molecule has 0 fully saturated rings. The maximum atomic E-state index is 12.3. The van der Waals surface area contributed by atoms with Crippen molar-refractivity contribution in [2.24, 2.45) is 7.05 Å². The SMILES string of the molecule is COc1ccc(NC(=O)CSc2nc3cc(C)[nH]c3c(=O)n2C)cc1. The Bertz CT molecular complexity index is 976. The molecule has 0 aliphatic carbocycles. The second-order valence-corrected chi connectivity index (χ2v) is 6.48. The molecule has 0 bridgehead atoms. The van der Waals surface area contributed by atoms with Crippen molar-refractivity contribution >= 4 is 34.4 Å². The van der Waals surface area contributed by atoms with E-state index in [-0.39, 0.29) is 17.2 Å². The van der Waals surface area contributed by atoms with E-state index in [1.807, 2.05) is 13.0 Å². The van der Waals surface area contributed by atoms with Gasteiger partial charge in [-0.15, -0.1) is 0 Å². The Labute approximate surface area is 148 Å². The molecule has 0 spiro atoms. The normalized spacial score (nSPS) is 10.8. The van der Waals surface area contributed by atoms with Crippen LogP contribution in [0.15, 0.2) is 40.3 Å². The first-order chi connectivity index (χ1) is 12.0. The molecule has 25 heavy (non-hydrogen) atoms. The summed E-state index contributed by atoms with van der Waals surface area (Å²) in [5, 5.41) is 3.30. The monoisotopic (exact) mass is 358 g/mol. The predicted octanol–water partition coefficient (Wildman–Crippen LogP) is 2.31. The van der Waals surface area contributed by atoms with Gasteiger partial charge in [-0.2, -0.15) is 0 Å². The van der Waals surface area contributed by atoms with E-state index in [2.05, 4.69) is 15.3 Å². The fraction of sp³-hybridized carbons (Fsp3) is 0.235. The van der Waals surface area contributed by atoms with Gasteiger partial charge in [0.05, 0.1) is 18.4 Å². The molecule has 130 valence electrons. The first-order valence-electron chi connectivity index (χ1n) is 7.61. The Kier molecular flexibility index (Phi) is 4.80. The number of nitrogens with one attached hydrogen (secondary N) is 2. The second kappa shape index (κ2) is 7.02. The standard InChI is InChI=1S/C17H18N4O3S/c1-10-8-13-15(18-10)16(23)21(2)17(20-13)25-9-14(22)19-11-4-6-12(24-3)7-5-11/h4-8,18H,9H2,1-3H3,(H,19,22). The third-order valence-corrected chi connectivity index (χ3v) is 4.69. The highest BCUT2D eigenvalue weighted by molar-refractivity contribution is 7.99. The quantitative estimate of drug-likeness (QED) is 0.540. The Balaban J connectivity index is 1.70. The molecular weight excluding hydrogens is 340 g/mol. The number of benzene rings is 1. The lowest BCUT2D eigenvalue weighted by Crippen LogP contribution is -2.21. The maximum Gasteiger partial charge on any atom is 0.278 e. The molecule has 8 heteroatoms. The van der Waals surface area contributed by atoms with Crippen LogP contribution in [0.3, 0.4) is 0 Å². The Hall–Kier alpha value is -2.74. The zero-order chi connectivity index (χ0) is 18.0. The topological polar surface area (TPSA) is 89.0 Å². The summed E-state index contributed by atoms with van der Waals surface area (Å²) < 4.78 is 6.53. The number of nitrogens with zero attached hydrogens (tertiary/aromatic N) is 2. The fourth-order valence-corrected chi connectivity index (χ4v) is 3.16. The summed E-state index contributed by atoms with van der Waals surface area (Å²) in [6.07, 6.45) is 0. The first-order valence-corrected chi connectivity index (χ1v) is 8.59. The Morgan fingerprint density at radius 1 is 1.36 bits per heavy atom. The highest BCUT2D eigenvalue weighted by Gasteiger charge is 2.12. The zero-order valence-corrected chi connectivity index (χ0v) is 14.9. The lowest BCUT2D eigenvalue weighted by Gasteiger charge is -2.08. The summed E-state index contributed by atoms with van der Waals surface area (Å²) in [6, 6.07) is 8.90. The Morgan fingerprint density at radius 3 is 2.76 bits per heavy atom. The van der Waals surface area contributed by atoms with Crippen molar-refractivity contribution in [2.45, 2.75) is 12.1 Å². The van der Waals surface area contributed by atoms with E-state index in [4.69, 9.17) is 4.74 Å². The molecule has 2 N–H and O–H groups in total. The van der Waals surface area contributed by atoms with E-state index in [0.717, 1.165) is 11.4 Å². The summed E-state index contributed by atoms with van der Waals surface area (Å²) >= 11 is 1.22. The lowest BCUT2D eigenvalue weighted by atomic mass is 10.3. The van der Waals surface area contributed by atoms with Gasteiger partial charge in [-0.25, -0.2) is 4.98 Å². The van der Waals surface area contributed by atoms with Crippen LogP contribution in [0.1, 0.15) is 5.69 Å². The minimum absolute atomic E-state index is 0.154. The molecule has 0 atom stereocenters. The number of H-pyrrole nitrogens is 1. The minimum Gasteiger partial charge on any atom is -0.497 e. The Morgan fingerprint density at radius 2 is 2.08 bits per heavy atom. The van der Waals surface area contributed by atoms with Crippen LogP contribution in [-0.2, 0) is 11.8 Å². The molecule has 3 aromatic rings. The van der Waals surface area contributed by atoms with Gasteiger partial charge >= 0.3 is 0 Å². The van der Waals surface area contributed by atoms with Gasteiger partial charge in [0.2, 0.25) is 5.91 Å². The van der Waals surface area contributed by atoms with Gasteiger partial charge < -0.3 is 15.0 Å². The molecule has 2 aromatic heterocycles. The number of methoxy groups -OCH3 is 1. The number of carbonyl (C=O) groups excluding carboxylic acids is 1. The van der Waals surface area contributed by atoms with Crippen molar-refractivity contribution in [3.8, 4) is 5.75 Å². The molecule has 0 unspecified atom stereocenters. The number of hydrogen-bond acceptors (Lipinski definition) is 5. The molecule has 1 amide bonds. The van der Waals surface area contributed by atoms with Crippen molar-refractivity contribution in [1.82, 2.24) is 14.5 Å². The summed E-state index contributed by atoms with van der Waals surface area (Å²) in [5.41, 5.74) is 2.49. The average molecular weight is 358 g/mol. The number of rotatable bonds is 5. The molecule has 1 aromatic carbocycles. The van der Waals surface area contributed by atoms with Crippen molar-refractivity contribution in [3.05, 3.63) is 46.4 Å². The predicted molar refractivity (Wildman–Crippen MR) is 98.4 cm³/mol. The highest BCUT2D eigenvalue weighted by Crippen LogP contribution is 2.19. The minimum atomic E-state index is -0.172. The summed E-state index contributed by atoms with van der Waals surface area (Å²) in [7, 11) is 3.24. The average Bonchev–Trinajstić information content (AvgIpc) is 2.98. The van der Waals surface area contributed by atoms with Gasteiger partial charge in [0.1, 0.15) is 11.3 Å². The number of carbonyl (C=O) groups is 1. The number of ether oxygens (including phenoxy) is 1. The van der Waals surface area contributed by atoms with E-state index < -0.39 is 0 Å². The molecule has 3 rings (SSSR count). The summed E-state index contributed by atoms with van der Waals surface area (Å²) in [4.78, 5) is 31.9. The largest absolute Gasteiger partial charge is 0.497 e. The molecule has 0 radical (unpaired) electrons. The molecule has 0 saturated carbocycles. The van der Waals surface area contributed by atoms with Crippen LogP contribution in [0, 0.1) is 6.92 Å². The molecule has 0 aliphatic heterocycles. The molecular formula is C17H18N4O3S. The second-order valence-electron chi connectivity index (χ2n) is 5.54. The third kappa shape index (κ3) is 3.69. The van der Waals surface area contributed by atoms with Crippen molar-refractivity contribution in [3.63, 3.8) is 0 Å². The van der Waals surface area contributed by atoms with Gasteiger partial charge in [-0.1, -0.05) is 11.8 Å². The van der Waals surface area contributed by atoms with E-state index in [9.17, 15) is 9.59 Å². The van der Waals surface area contributed by atoms with Crippen LogP contribution in [-0.4, -0.2) is 33.3 Å². The van der Waals surface area contributed by atoms with Gasteiger partial charge in [0.25, 0.3) is 5.56 Å². The molecule has 2 heterocycles. The highest BCUT2D eigenvalue weighted by atomic mass is 32.2. The van der Waals surface area contributed by atoms with Gasteiger partial charge in [-0.05, 0) is 37.3 Å². The number of aromatic nitrogens is 3. The number of hydrogen-bond donors (Lipinski definition) is 2. The number of amides is 1. The first kappa shape index (κ1) is 17.1. The van der Waals surface area contributed by atoms with Crippen molar-refractivity contribution in [2.75, 3.05) is 18.2 Å². The lowest BCUT2D eigenvalue weighted by molar-refractivity contribution is -0.113. The summed E-state index contributed by atoms with van der Waals surface area (Å²) in [5.74, 6) is 0.706. The van der Waals surface area contributed by atoms with Crippen molar-refractivity contribution in [1.29, 1.82) is 0 Å². The maximum absolute atomic E-state index is 12.3. The van der Waals surface area contributed by atoms with Crippen LogP contribution in [0.5, 0.6) is 5.75 Å². The van der Waals surface area contributed by atoms with E-state index in [1.54, 1.807) is 38.4 Å². The van der Waals surface area contributed by atoms with Crippen LogP contribution < -0.4 is 15.6 Å². The number of anilines is 1. The van der Waals surface area contributed by atoms with Crippen LogP contribution in [0.25, 0.3) is 11.0 Å². The van der Waals surface area contributed by atoms with Crippen molar-refractivity contribution < 1.29 is 9.53 Å². The van der Waals surface area contributed by atoms with Crippen LogP contribution in [0.4, 0.5) is 5.69 Å². The van der Waals surface area contributed by atoms with Gasteiger partial charge in [0.15, 0.2) is 5.16 Å². The fourth-order valence-electron chi connectivity index (χ4n) is 2.39. The van der Waals surface area contributed by atoms with Gasteiger partial charge in [0, 0.05) is 18.4 Å². The number of aryl methyl sites for hydroxylation is 1. The van der Waals surface area contributed by atoms with Crippen LogP contribution >= 0.6 is 11.8 Å². The third-order valence-electron chi connectivity index (χ3n) is 3.66.